The SMILES string of the molecule is Oc1cc2ccc(Br)cc2cc1Br. The van der Waals surface area contributed by atoms with Gasteiger partial charge in [-0.3, -0.25) is 0 Å². The van der Waals surface area contributed by atoms with Crippen LogP contribution in [0.1, 0.15) is 0 Å². The summed E-state index contributed by atoms with van der Waals surface area (Å²) in [5.41, 5.74) is 0. The highest BCUT2D eigenvalue weighted by molar-refractivity contribution is 9.10. The lowest BCUT2D eigenvalue weighted by atomic mass is 10.1. The van der Waals surface area contributed by atoms with Gasteiger partial charge in [0.1, 0.15) is 5.75 Å². The van der Waals surface area contributed by atoms with Crippen molar-refractivity contribution in [2.24, 2.45) is 0 Å². The molecular weight excluding hydrogens is 296 g/mol. The molecule has 0 aliphatic rings. The van der Waals surface area contributed by atoms with Crippen LogP contribution in [0, 0.1) is 0 Å². The minimum Gasteiger partial charge on any atom is -0.507 e. The Morgan fingerprint density at radius 3 is 2.46 bits per heavy atom. The van der Waals surface area contributed by atoms with Gasteiger partial charge in [0.15, 0.2) is 0 Å². The molecule has 66 valence electrons. The Kier molecular flexibility index (Phi) is 2.30. The van der Waals surface area contributed by atoms with E-state index in [9.17, 15) is 5.11 Å². The van der Waals surface area contributed by atoms with E-state index in [1.54, 1.807) is 6.07 Å². The van der Waals surface area contributed by atoms with Crippen LogP contribution < -0.4 is 0 Å². The van der Waals surface area contributed by atoms with Crippen LogP contribution in [0.5, 0.6) is 5.75 Å². The quantitative estimate of drug-likeness (QED) is 0.778. The number of hydrogen-bond donors (Lipinski definition) is 1. The first-order valence-corrected chi connectivity index (χ1v) is 5.33. The summed E-state index contributed by atoms with van der Waals surface area (Å²) in [6, 6.07) is 9.57. The van der Waals surface area contributed by atoms with E-state index in [0.29, 0.717) is 0 Å². The van der Waals surface area contributed by atoms with Crippen molar-refractivity contribution in [1.82, 2.24) is 0 Å². The van der Waals surface area contributed by atoms with Crippen LogP contribution in [-0.2, 0) is 0 Å². The van der Waals surface area contributed by atoms with Crippen LogP contribution in [0.25, 0.3) is 10.8 Å². The van der Waals surface area contributed by atoms with E-state index in [-0.39, 0.29) is 5.75 Å². The number of halogens is 2. The van der Waals surface area contributed by atoms with Crippen LogP contribution in [0.15, 0.2) is 39.3 Å². The number of phenolic OH excluding ortho intramolecular Hbond substituents is 1. The minimum atomic E-state index is 0.273. The van der Waals surface area contributed by atoms with E-state index in [0.717, 1.165) is 19.7 Å². The van der Waals surface area contributed by atoms with Gasteiger partial charge in [-0.2, -0.15) is 0 Å². The fraction of sp³-hybridized carbons (Fsp3) is 0. The van der Waals surface area contributed by atoms with Crippen LogP contribution in [0.4, 0.5) is 0 Å². The number of benzene rings is 2. The Balaban J connectivity index is 2.81. The first-order valence-electron chi connectivity index (χ1n) is 3.74. The molecule has 0 aliphatic heterocycles. The van der Waals surface area contributed by atoms with Crippen molar-refractivity contribution >= 4 is 42.6 Å². The molecule has 0 heterocycles. The molecule has 0 aromatic heterocycles. The number of aromatic hydroxyl groups is 1. The highest BCUT2D eigenvalue weighted by Crippen LogP contribution is 2.30. The van der Waals surface area contributed by atoms with Gasteiger partial charge in [0, 0.05) is 4.47 Å². The van der Waals surface area contributed by atoms with Gasteiger partial charge in [-0.05, 0) is 51.0 Å². The van der Waals surface area contributed by atoms with Gasteiger partial charge >= 0.3 is 0 Å². The molecule has 2 aromatic carbocycles. The second-order valence-corrected chi connectivity index (χ2v) is 4.57. The number of rotatable bonds is 0. The molecule has 0 saturated heterocycles. The first-order chi connectivity index (χ1) is 6.16. The van der Waals surface area contributed by atoms with Crippen LogP contribution in [0.2, 0.25) is 0 Å². The average molecular weight is 302 g/mol. The summed E-state index contributed by atoms with van der Waals surface area (Å²) in [5.74, 6) is 0.273. The monoisotopic (exact) mass is 300 g/mol. The maximum absolute atomic E-state index is 9.43. The second-order valence-electron chi connectivity index (χ2n) is 2.80. The number of phenols is 1. The predicted octanol–water partition coefficient (Wildman–Crippen LogP) is 4.07. The summed E-state index contributed by atoms with van der Waals surface area (Å²) in [6.45, 7) is 0. The molecule has 0 fully saturated rings. The standard InChI is InChI=1S/C10H6Br2O/c11-8-2-1-6-5-10(13)9(12)4-7(6)3-8/h1-5,13H. The largest absolute Gasteiger partial charge is 0.507 e. The van der Waals surface area contributed by atoms with Gasteiger partial charge in [-0.25, -0.2) is 0 Å². The Labute approximate surface area is 92.6 Å². The van der Waals surface area contributed by atoms with E-state index in [1.807, 2.05) is 24.3 Å². The maximum atomic E-state index is 9.43. The fourth-order valence-corrected chi connectivity index (χ4v) is 1.97. The molecule has 0 atom stereocenters. The van der Waals surface area contributed by atoms with E-state index in [1.165, 1.54) is 0 Å². The summed E-state index contributed by atoms with van der Waals surface area (Å²) in [6.07, 6.45) is 0. The third-order valence-electron chi connectivity index (χ3n) is 1.87. The van der Waals surface area contributed by atoms with Crippen LogP contribution in [0.3, 0.4) is 0 Å². The average Bonchev–Trinajstić information content (AvgIpc) is 2.08. The third kappa shape index (κ3) is 1.71. The summed E-state index contributed by atoms with van der Waals surface area (Å²) >= 11 is 6.67. The smallest absolute Gasteiger partial charge is 0.130 e. The van der Waals surface area contributed by atoms with Crippen LogP contribution in [-0.4, -0.2) is 5.11 Å². The van der Waals surface area contributed by atoms with Gasteiger partial charge in [0.2, 0.25) is 0 Å². The molecule has 0 amide bonds. The van der Waals surface area contributed by atoms with Crippen molar-refractivity contribution in [3.63, 3.8) is 0 Å². The molecule has 2 aromatic rings. The number of fused-ring (bicyclic) bond motifs is 1. The normalized spacial score (nSPS) is 10.6. The summed E-state index contributed by atoms with van der Waals surface area (Å²) in [7, 11) is 0. The lowest BCUT2D eigenvalue weighted by Gasteiger charge is -2.01. The van der Waals surface area contributed by atoms with Crippen molar-refractivity contribution in [2.75, 3.05) is 0 Å². The zero-order valence-electron chi connectivity index (χ0n) is 6.59. The number of hydrogen-bond acceptors (Lipinski definition) is 1. The van der Waals surface area contributed by atoms with Gasteiger partial charge in [0.05, 0.1) is 4.47 Å². The summed E-state index contributed by atoms with van der Waals surface area (Å²) in [4.78, 5) is 0. The second kappa shape index (κ2) is 3.31. The van der Waals surface area contributed by atoms with E-state index < -0.39 is 0 Å². The molecule has 3 heteroatoms. The van der Waals surface area contributed by atoms with Gasteiger partial charge < -0.3 is 5.11 Å². The Morgan fingerprint density at radius 1 is 0.923 bits per heavy atom. The Bertz CT molecular complexity index is 466. The topological polar surface area (TPSA) is 20.2 Å². The molecule has 2 rings (SSSR count). The van der Waals surface area contributed by atoms with Crippen molar-refractivity contribution in [2.45, 2.75) is 0 Å². The van der Waals surface area contributed by atoms with Crippen molar-refractivity contribution in [3.8, 4) is 5.75 Å². The Morgan fingerprint density at radius 2 is 1.69 bits per heavy atom. The van der Waals surface area contributed by atoms with Gasteiger partial charge in [0.25, 0.3) is 0 Å². The molecule has 0 bridgehead atoms. The Hall–Kier alpha value is -0.540. The molecular formula is C10H6Br2O. The highest BCUT2D eigenvalue weighted by Gasteiger charge is 2.00. The summed E-state index contributed by atoms with van der Waals surface area (Å²) < 4.78 is 1.76. The van der Waals surface area contributed by atoms with Gasteiger partial charge in [-0.15, -0.1) is 0 Å². The predicted molar refractivity (Wildman–Crippen MR) is 61.0 cm³/mol. The lowest BCUT2D eigenvalue weighted by molar-refractivity contribution is 0.473. The molecule has 1 N–H and O–H groups in total. The minimum absolute atomic E-state index is 0.273. The fourth-order valence-electron chi connectivity index (χ4n) is 1.23. The summed E-state index contributed by atoms with van der Waals surface area (Å²) in [5, 5.41) is 11.6. The first kappa shape index (κ1) is 9.03. The van der Waals surface area contributed by atoms with E-state index >= 15 is 0 Å². The van der Waals surface area contributed by atoms with Crippen molar-refractivity contribution in [1.29, 1.82) is 0 Å². The molecule has 0 saturated carbocycles. The maximum Gasteiger partial charge on any atom is 0.130 e. The lowest BCUT2D eigenvalue weighted by Crippen LogP contribution is -1.74. The van der Waals surface area contributed by atoms with Crippen molar-refractivity contribution < 1.29 is 5.11 Å². The van der Waals surface area contributed by atoms with Crippen molar-refractivity contribution in [3.05, 3.63) is 39.3 Å². The highest BCUT2D eigenvalue weighted by atomic mass is 79.9. The van der Waals surface area contributed by atoms with Gasteiger partial charge in [-0.1, -0.05) is 22.0 Å². The molecule has 0 radical (unpaired) electrons. The van der Waals surface area contributed by atoms with Crippen LogP contribution >= 0.6 is 31.9 Å². The zero-order chi connectivity index (χ0) is 9.42. The molecule has 0 aliphatic carbocycles. The molecule has 1 nitrogen and oxygen atoms in total. The molecule has 0 unspecified atom stereocenters. The zero-order valence-corrected chi connectivity index (χ0v) is 9.76. The van der Waals surface area contributed by atoms with E-state index in [2.05, 4.69) is 31.9 Å². The molecule has 13 heavy (non-hydrogen) atoms. The van der Waals surface area contributed by atoms with E-state index in [4.69, 9.17) is 0 Å². The molecule has 0 spiro atoms. The third-order valence-corrected chi connectivity index (χ3v) is 3.00.